The molecule has 1 aromatic rings. The molecule has 1 aliphatic rings. The standard InChI is InChI=1S/C11H11N3O/c12-6-8-2-1-3-10-9(8)4-5-11(10,13)7-14-15/h1-3,7,15H,4-5,13H2. The number of nitrogens with two attached hydrogens (primary N) is 1. The maximum Gasteiger partial charge on any atom is 0.0994 e. The Morgan fingerprint density at radius 3 is 3.07 bits per heavy atom. The van der Waals surface area contributed by atoms with Crippen LogP contribution in [0.5, 0.6) is 0 Å². The van der Waals surface area contributed by atoms with Gasteiger partial charge in [0.2, 0.25) is 0 Å². The summed E-state index contributed by atoms with van der Waals surface area (Å²) in [4.78, 5) is 0. The lowest BCUT2D eigenvalue weighted by molar-refractivity contribution is 0.316. The fraction of sp³-hybridized carbons (Fsp3) is 0.273. The highest BCUT2D eigenvalue weighted by atomic mass is 16.4. The summed E-state index contributed by atoms with van der Waals surface area (Å²) in [5.74, 6) is 0. The third kappa shape index (κ3) is 1.37. The molecule has 2 rings (SSSR count). The topological polar surface area (TPSA) is 82.4 Å². The van der Waals surface area contributed by atoms with Gasteiger partial charge in [0.15, 0.2) is 0 Å². The van der Waals surface area contributed by atoms with Crippen LogP contribution < -0.4 is 5.73 Å². The van der Waals surface area contributed by atoms with Crippen molar-refractivity contribution >= 4 is 6.21 Å². The van der Waals surface area contributed by atoms with E-state index in [1.54, 1.807) is 12.1 Å². The Morgan fingerprint density at radius 1 is 1.60 bits per heavy atom. The van der Waals surface area contributed by atoms with Crippen molar-refractivity contribution in [3.05, 3.63) is 34.9 Å². The summed E-state index contributed by atoms with van der Waals surface area (Å²) in [6, 6.07) is 7.60. The summed E-state index contributed by atoms with van der Waals surface area (Å²) < 4.78 is 0. The first kappa shape index (κ1) is 9.69. The summed E-state index contributed by atoms with van der Waals surface area (Å²) in [7, 11) is 0. The van der Waals surface area contributed by atoms with E-state index in [1.807, 2.05) is 6.07 Å². The molecular weight excluding hydrogens is 190 g/mol. The van der Waals surface area contributed by atoms with Crippen LogP contribution in [0.1, 0.15) is 23.1 Å². The molecule has 0 aromatic heterocycles. The average Bonchev–Trinajstić information content (AvgIpc) is 2.57. The van der Waals surface area contributed by atoms with Gasteiger partial charge in [-0.05, 0) is 30.0 Å². The molecule has 4 nitrogen and oxygen atoms in total. The molecule has 0 saturated heterocycles. The minimum Gasteiger partial charge on any atom is -0.411 e. The van der Waals surface area contributed by atoms with Crippen molar-refractivity contribution in [2.45, 2.75) is 18.4 Å². The van der Waals surface area contributed by atoms with Crippen LogP contribution in [0.25, 0.3) is 0 Å². The van der Waals surface area contributed by atoms with Gasteiger partial charge in [-0.2, -0.15) is 5.26 Å². The van der Waals surface area contributed by atoms with Crippen LogP contribution in [-0.2, 0) is 12.0 Å². The molecule has 1 atom stereocenters. The molecule has 0 aliphatic heterocycles. The SMILES string of the molecule is N#Cc1cccc2c1CCC2(N)C=NO. The van der Waals surface area contributed by atoms with Crippen molar-refractivity contribution in [1.82, 2.24) is 0 Å². The normalized spacial score (nSPS) is 24.0. The predicted molar refractivity (Wildman–Crippen MR) is 55.6 cm³/mol. The summed E-state index contributed by atoms with van der Waals surface area (Å²) in [6.07, 6.45) is 2.76. The number of nitriles is 1. The van der Waals surface area contributed by atoms with E-state index in [0.717, 1.165) is 17.5 Å². The van der Waals surface area contributed by atoms with Gasteiger partial charge in [-0.3, -0.25) is 0 Å². The van der Waals surface area contributed by atoms with Crippen molar-refractivity contribution in [1.29, 1.82) is 5.26 Å². The van der Waals surface area contributed by atoms with E-state index in [1.165, 1.54) is 6.21 Å². The summed E-state index contributed by atoms with van der Waals surface area (Å²) in [6.45, 7) is 0. The Balaban J connectivity index is 2.58. The van der Waals surface area contributed by atoms with E-state index in [2.05, 4.69) is 11.2 Å². The first-order valence-corrected chi connectivity index (χ1v) is 4.71. The summed E-state index contributed by atoms with van der Waals surface area (Å²) in [5.41, 5.74) is 7.88. The minimum absolute atomic E-state index is 0.658. The van der Waals surface area contributed by atoms with Crippen molar-refractivity contribution in [3.63, 3.8) is 0 Å². The van der Waals surface area contributed by atoms with Crippen molar-refractivity contribution in [3.8, 4) is 6.07 Å². The van der Waals surface area contributed by atoms with Crippen LogP contribution >= 0.6 is 0 Å². The molecule has 0 radical (unpaired) electrons. The van der Waals surface area contributed by atoms with E-state index in [0.29, 0.717) is 12.0 Å². The van der Waals surface area contributed by atoms with Crippen molar-refractivity contribution in [2.75, 3.05) is 0 Å². The molecule has 0 saturated carbocycles. The summed E-state index contributed by atoms with van der Waals surface area (Å²) in [5, 5.41) is 20.5. The van der Waals surface area contributed by atoms with Crippen LogP contribution in [0, 0.1) is 11.3 Å². The Bertz CT molecular complexity index is 461. The largest absolute Gasteiger partial charge is 0.411 e. The van der Waals surface area contributed by atoms with Gasteiger partial charge in [0.25, 0.3) is 0 Å². The molecule has 3 N–H and O–H groups in total. The van der Waals surface area contributed by atoms with Gasteiger partial charge in [-0.25, -0.2) is 0 Å². The van der Waals surface area contributed by atoms with Crippen molar-refractivity contribution < 1.29 is 5.21 Å². The van der Waals surface area contributed by atoms with Gasteiger partial charge in [0.05, 0.1) is 23.4 Å². The fourth-order valence-corrected chi connectivity index (χ4v) is 2.10. The first-order chi connectivity index (χ1) is 7.21. The monoisotopic (exact) mass is 201 g/mol. The zero-order valence-corrected chi connectivity index (χ0v) is 8.14. The van der Waals surface area contributed by atoms with E-state index in [-0.39, 0.29) is 0 Å². The van der Waals surface area contributed by atoms with E-state index in [9.17, 15) is 0 Å². The second-order valence-electron chi connectivity index (χ2n) is 3.73. The highest BCUT2D eigenvalue weighted by molar-refractivity contribution is 5.75. The lowest BCUT2D eigenvalue weighted by Gasteiger charge is -2.18. The Hall–Kier alpha value is -1.86. The van der Waals surface area contributed by atoms with Crippen LogP contribution in [-0.4, -0.2) is 11.4 Å². The Morgan fingerprint density at radius 2 is 2.40 bits per heavy atom. The van der Waals surface area contributed by atoms with E-state index >= 15 is 0 Å². The van der Waals surface area contributed by atoms with Crippen LogP contribution in [0.2, 0.25) is 0 Å². The molecule has 1 unspecified atom stereocenters. The highest BCUT2D eigenvalue weighted by Crippen LogP contribution is 2.35. The van der Waals surface area contributed by atoms with Gasteiger partial charge in [-0.15, -0.1) is 0 Å². The number of hydrogen-bond donors (Lipinski definition) is 2. The molecule has 4 heteroatoms. The molecule has 0 fully saturated rings. The molecule has 0 amide bonds. The van der Waals surface area contributed by atoms with Gasteiger partial charge >= 0.3 is 0 Å². The van der Waals surface area contributed by atoms with E-state index < -0.39 is 5.54 Å². The lowest BCUT2D eigenvalue weighted by Crippen LogP contribution is -2.35. The predicted octanol–water partition coefficient (Wildman–Crippen LogP) is 1.12. The molecule has 15 heavy (non-hydrogen) atoms. The molecular formula is C11H11N3O. The van der Waals surface area contributed by atoms with Crippen LogP contribution in [0.15, 0.2) is 23.4 Å². The number of hydrogen-bond acceptors (Lipinski definition) is 4. The lowest BCUT2D eigenvalue weighted by atomic mass is 9.93. The number of benzene rings is 1. The molecule has 0 bridgehead atoms. The average molecular weight is 201 g/mol. The van der Waals surface area contributed by atoms with Crippen LogP contribution in [0.4, 0.5) is 0 Å². The molecule has 0 spiro atoms. The van der Waals surface area contributed by atoms with Crippen molar-refractivity contribution in [2.24, 2.45) is 10.9 Å². The number of rotatable bonds is 1. The maximum atomic E-state index is 8.93. The number of fused-ring (bicyclic) bond motifs is 1. The zero-order chi connectivity index (χ0) is 10.9. The highest BCUT2D eigenvalue weighted by Gasteiger charge is 2.34. The maximum absolute atomic E-state index is 8.93. The quantitative estimate of drug-likeness (QED) is 0.405. The molecule has 1 aliphatic carbocycles. The third-order valence-electron chi connectivity index (χ3n) is 2.87. The zero-order valence-electron chi connectivity index (χ0n) is 8.14. The first-order valence-electron chi connectivity index (χ1n) is 4.71. The second-order valence-corrected chi connectivity index (χ2v) is 3.73. The third-order valence-corrected chi connectivity index (χ3v) is 2.87. The van der Waals surface area contributed by atoms with Gasteiger partial charge < -0.3 is 10.9 Å². The number of nitrogens with zero attached hydrogens (tertiary/aromatic N) is 2. The molecule has 76 valence electrons. The molecule has 1 aromatic carbocycles. The van der Waals surface area contributed by atoms with E-state index in [4.69, 9.17) is 16.2 Å². The second kappa shape index (κ2) is 3.37. The smallest absolute Gasteiger partial charge is 0.0994 e. The Labute approximate surface area is 87.6 Å². The fourth-order valence-electron chi connectivity index (χ4n) is 2.10. The van der Waals surface area contributed by atoms with Crippen LogP contribution in [0.3, 0.4) is 0 Å². The van der Waals surface area contributed by atoms with Gasteiger partial charge in [0.1, 0.15) is 0 Å². The van der Waals surface area contributed by atoms with Gasteiger partial charge in [-0.1, -0.05) is 17.3 Å². The number of oxime groups is 1. The summed E-state index contributed by atoms with van der Waals surface area (Å²) >= 11 is 0. The Kier molecular flexibility index (Phi) is 2.18. The molecule has 0 heterocycles. The van der Waals surface area contributed by atoms with Gasteiger partial charge in [0, 0.05) is 0 Å². The minimum atomic E-state index is -0.725.